The second kappa shape index (κ2) is 7.88. The molecule has 0 aromatic heterocycles. The summed E-state index contributed by atoms with van der Waals surface area (Å²) in [5.41, 5.74) is 0. The number of hydrogen-bond donors (Lipinski definition) is 1. The molecule has 1 rings (SSSR count). The van der Waals surface area contributed by atoms with Crippen LogP contribution in [0.2, 0.25) is 0 Å². The Hall–Kier alpha value is -0.570. The maximum atomic E-state index is 11.0. The Morgan fingerprint density at radius 2 is 1.53 bits per heavy atom. The summed E-state index contributed by atoms with van der Waals surface area (Å²) < 4.78 is 0. The van der Waals surface area contributed by atoms with E-state index in [2.05, 4.69) is 32.6 Å². The molecule has 0 radical (unpaired) electrons. The summed E-state index contributed by atoms with van der Waals surface area (Å²) in [5.74, 6) is 1.43. The smallest absolute Gasteiger partial charge is 0.306 e. The molecule has 1 fully saturated rings. The number of carboxylic acid groups (broad SMARTS) is 1. The van der Waals surface area contributed by atoms with Crippen LogP contribution in [-0.2, 0) is 4.79 Å². The molecule has 1 saturated carbocycles. The quantitative estimate of drug-likeness (QED) is 0.769. The molecule has 0 aromatic carbocycles. The van der Waals surface area contributed by atoms with Crippen molar-refractivity contribution in [1.29, 1.82) is 0 Å². The number of rotatable bonds is 7. The van der Waals surface area contributed by atoms with Gasteiger partial charge in [0.1, 0.15) is 0 Å². The number of aliphatic carboxylic acids is 1. The predicted octanol–water partition coefficient (Wildman–Crippen LogP) is 3.49. The highest BCUT2D eigenvalue weighted by molar-refractivity contribution is 5.69. The number of nitrogens with zero attached hydrogens (tertiary/aromatic N) is 1. The van der Waals surface area contributed by atoms with E-state index in [1.165, 1.54) is 0 Å². The summed E-state index contributed by atoms with van der Waals surface area (Å²) in [7, 11) is 0. The molecule has 0 aromatic rings. The van der Waals surface area contributed by atoms with Gasteiger partial charge >= 0.3 is 5.97 Å². The van der Waals surface area contributed by atoms with E-state index in [4.69, 9.17) is 5.11 Å². The lowest BCUT2D eigenvalue weighted by molar-refractivity contribution is -0.143. The highest BCUT2D eigenvalue weighted by Crippen LogP contribution is 2.29. The van der Waals surface area contributed by atoms with Crippen molar-refractivity contribution in [2.45, 2.75) is 53.4 Å². The van der Waals surface area contributed by atoms with Crippen LogP contribution in [0.3, 0.4) is 0 Å². The summed E-state index contributed by atoms with van der Waals surface area (Å²) in [5, 5.41) is 9.03. The van der Waals surface area contributed by atoms with Gasteiger partial charge in [-0.2, -0.15) is 0 Å². The van der Waals surface area contributed by atoms with Crippen LogP contribution >= 0.6 is 0 Å². The molecule has 0 spiro atoms. The molecule has 1 aliphatic rings. The van der Waals surface area contributed by atoms with Gasteiger partial charge < -0.3 is 10.0 Å². The van der Waals surface area contributed by atoms with Gasteiger partial charge in [-0.3, -0.25) is 4.79 Å². The topological polar surface area (TPSA) is 40.5 Å². The molecule has 1 N–H and O–H groups in total. The zero-order valence-electron chi connectivity index (χ0n) is 13.1. The molecule has 0 bridgehead atoms. The molecule has 0 aliphatic heterocycles. The highest BCUT2D eigenvalue weighted by Gasteiger charge is 2.27. The lowest BCUT2D eigenvalue weighted by Gasteiger charge is -2.33. The fourth-order valence-corrected chi connectivity index (χ4v) is 3.21. The summed E-state index contributed by atoms with van der Waals surface area (Å²) in [6, 6.07) is 0. The fraction of sp³-hybridized carbons (Fsp3) is 0.938. The van der Waals surface area contributed by atoms with Crippen molar-refractivity contribution < 1.29 is 9.90 Å². The van der Waals surface area contributed by atoms with Crippen LogP contribution in [0.15, 0.2) is 0 Å². The normalized spacial score (nSPS) is 24.4. The molecule has 3 nitrogen and oxygen atoms in total. The summed E-state index contributed by atoms with van der Waals surface area (Å²) in [4.78, 5) is 13.5. The Kier molecular flexibility index (Phi) is 6.84. The number of hydrogen-bond acceptors (Lipinski definition) is 2. The molecular weight excluding hydrogens is 238 g/mol. The molecular formula is C16H31NO2. The zero-order chi connectivity index (χ0) is 14.4. The Balaban J connectivity index is 2.40. The van der Waals surface area contributed by atoms with Gasteiger partial charge in [0.2, 0.25) is 0 Å². The Bertz CT molecular complexity index is 258. The van der Waals surface area contributed by atoms with Crippen LogP contribution in [0.1, 0.15) is 53.4 Å². The van der Waals surface area contributed by atoms with Gasteiger partial charge in [0.05, 0.1) is 5.92 Å². The van der Waals surface area contributed by atoms with Crippen molar-refractivity contribution in [3.05, 3.63) is 0 Å². The average Bonchev–Trinajstić information content (AvgIpc) is 2.27. The largest absolute Gasteiger partial charge is 0.481 e. The third-order valence-electron chi connectivity index (χ3n) is 3.96. The van der Waals surface area contributed by atoms with Crippen molar-refractivity contribution in [2.75, 3.05) is 19.6 Å². The van der Waals surface area contributed by atoms with Gasteiger partial charge in [-0.25, -0.2) is 0 Å². The minimum absolute atomic E-state index is 0.0834. The molecule has 19 heavy (non-hydrogen) atoms. The maximum Gasteiger partial charge on any atom is 0.306 e. The van der Waals surface area contributed by atoms with E-state index in [9.17, 15) is 4.79 Å². The first-order valence-corrected chi connectivity index (χ1v) is 7.83. The average molecular weight is 269 g/mol. The molecule has 0 atom stereocenters. The van der Waals surface area contributed by atoms with Gasteiger partial charge in [-0.15, -0.1) is 0 Å². The Labute approximate surface area is 118 Å². The summed E-state index contributed by atoms with van der Waals surface area (Å²) in [6.07, 6.45) is 3.92. The van der Waals surface area contributed by atoms with E-state index < -0.39 is 5.97 Å². The van der Waals surface area contributed by atoms with Gasteiger partial charge in [-0.1, -0.05) is 27.7 Å². The van der Waals surface area contributed by atoms with E-state index in [0.717, 1.165) is 45.3 Å². The minimum atomic E-state index is -0.598. The Morgan fingerprint density at radius 3 is 1.89 bits per heavy atom. The monoisotopic (exact) mass is 269 g/mol. The second-order valence-electron chi connectivity index (χ2n) is 7.06. The van der Waals surface area contributed by atoms with Crippen LogP contribution in [-0.4, -0.2) is 35.6 Å². The Morgan fingerprint density at radius 1 is 1.05 bits per heavy atom. The summed E-state index contributed by atoms with van der Waals surface area (Å²) >= 11 is 0. The molecule has 112 valence electrons. The van der Waals surface area contributed by atoms with E-state index in [-0.39, 0.29) is 5.92 Å². The second-order valence-corrected chi connectivity index (χ2v) is 7.06. The highest BCUT2D eigenvalue weighted by atomic mass is 16.4. The van der Waals surface area contributed by atoms with E-state index in [1.54, 1.807) is 0 Å². The molecule has 3 heteroatoms. The van der Waals surface area contributed by atoms with Crippen LogP contribution in [0.5, 0.6) is 0 Å². The van der Waals surface area contributed by atoms with Gasteiger partial charge in [0.15, 0.2) is 0 Å². The molecule has 0 amide bonds. The van der Waals surface area contributed by atoms with Crippen LogP contribution in [0.25, 0.3) is 0 Å². The maximum absolute atomic E-state index is 11.0. The van der Waals surface area contributed by atoms with Crippen molar-refractivity contribution in [2.24, 2.45) is 23.7 Å². The van der Waals surface area contributed by atoms with Crippen molar-refractivity contribution >= 4 is 5.97 Å². The van der Waals surface area contributed by atoms with Gasteiger partial charge in [0, 0.05) is 19.6 Å². The molecule has 0 heterocycles. The molecule has 1 aliphatic carbocycles. The van der Waals surface area contributed by atoms with E-state index in [1.807, 2.05) is 0 Å². The summed E-state index contributed by atoms with van der Waals surface area (Å²) in [6.45, 7) is 12.6. The number of carboxylic acids is 1. The van der Waals surface area contributed by atoms with Crippen LogP contribution in [0, 0.1) is 23.7 Å². The first-order chi connectivity index (χ1) is 8.88. The first-order valence-electron chi connectivity index (χ1n) is 7.83. The zero-order valence-corrected chi connectivity index (χ0v) is 13.1. The SMILES string of the molecule is CC(C)CN(CC(C)C)CC1CCC(C(=O)O)CC1. The third-order valence-corrected chi connectivity index (χ3v) is 3.96. The minimum Gasteiger partial charge on any atom is -0.481 e. The lowest BCUT2D eigenvalue weighted by atomic mass is 9.81. The molecule has 0 unspecified atom stereocenters. The van der Waals surface area contributed by atoms with Gasteiger partial charge in [-0.05, 0) is 43.4 Å². The van der Waals surface area contributed by atoms with E-state index >= 15 is 0 Å². The fourth-order valence-electron chi connectivity index (χ4n) is 3.21. The lowest BCUT2D eigenvalue weighted by Crippen LogP contribution is -2.37. The number of carbonyl (C=O) groups is 1. The van der Waals surface area contributed by atoms with Crippen molar-refractivity contribution in [3.63, 3.8) is 0 Å². The standard InChI is InChI=1S/C16H31NO2/c1-12(2)9-17(10-13(3)4)11-14-5-7-15(8-6-14)16(18)19/h12-15H,5-11H2,1-4H3,(H,18,19). The van der Waals surface area contributed by atoms with Gasteiger partial charge in [0.25, 0.3) is 0 Å². The van der Waals surface area contributed by atoms with Crippen LogP contribution < -0.4 is 0 Å². The van der Waals surface area contributed by atoms with Crippen LogP contribution in [0.4, 0.5) is 0 Å². The van der Waals surface area contributed by atoms with E-state index in [0.29, 0.717) is 17.8 Å². The van der Waals surface area contributed by atoms with Crippen molar-refractivity contribution in [3.8, 4) is 0 Å². The first kappa shape index (κ1) is 16.5. The third kappa shape index (κ3) is 6.42. The molecule has 0 saturated heterocycles. The predicted molar refractivity (Wildman–Crippen MR) is 79.2 cm³/mol. The van der Waals surface area contributed by atoms with Crippen molar-refractivity contribution in [1.82, 2.24) is 4.90 Å².